The SMILES string of the molecule is COc1cc2c(cc1OC)S[N]S2. The Morgan fingerprint density at radius 3 is 1.85 bits per heavy atom. The molecule has 1 aromatic carbocycles. The van der Waals surface area contributed by atoms with Crippen LogP contribution in [0.5, 0.6) is 11.5 Å². The number of methoxy groups -OCH3 is 2. The molecule has 3 nitrogen and oxygen atoms in total. The van der Waals surface area contributed by atoms with Gasteiger partial charge in [0.2, 0.25) is 0 Å². The number of hydrogen-bond acceptors (Lipinski definition) is 4. The van der Waals surface area contributed by atoms with Crippen molar-refractivity contribution >= 4 is 23.9 Å². The zero-order valence-corrected chi connectivity index (χ0v) is 8.87. The fourth-order valence-electron chi connectivity index (χ4n) is 1.08. The van der Waals surface area contributed by atoms with Gasteiger partial charge < -0.3 is 9.47 Å². The van der Waals surface area contributed by atoms with Gasteiger partial charge in [-0.15, -0.1) is 0 Å². The minimum atomic E-state index is 0.756. The predicted molar refractivity (Wildman–Crippen MR) is 53.4 cm³/mol. The number of fused-ring (bicyclic) bond motifs is 1. The van der Waals surface area contributed by atoms with E-state index >= 15 is 0 Å². The van der Waals surface area contributed by atoms with Crippen LogP contribution in [-0.4, -0.2) is 14.2 Å². The molecule has 0 saturated heterocycles. The van der Waals surface area contributed by atoms with Gasteiger partial charge in [0.1, 0.15) is 0 Å². The average Bonchev–Trinajstić information content (AvgIpc) is 2.62. The molecule has 0 spiro atoms. The van der Waals surface area contributed by atoms with Crippen molar-refractivity contribution < 1.29 is 9.47 Å². The van der Waals surface area contributed by atoms with Gasteiger partial charge >= 0.3 is 0 Å². The Morgan fingerprint density at radius 2 is 1.46 bits per heavy atom. The van der Waals surface area contributed by atoms with Crippen LogP contribution in [-0.2, 0) is 0 Å². The Kier molecular flexibility index (Phi) is 2.57. The molecular formula is C8H8NO2S2. The molecule has 5 heteroatoms. The van der Waals surface area contributed by atoms with Crippen LogP contribution < -0.4 is 13.6 Å². The highest BCUT2D eigenvalue weighted by molar-refractivity contribution is 8.15. The number of rotatable bonds is 2. The number of hydrogen-bond donors (Lipinski definition) is 0. The van der Waals surface area contributed by atoms with Crippen molar-refractivity contribution in [2.75, 3.05) is 14.2 Å². The van der Waals surface area contributed by atoms with Crippen molar-refractivity contribution in [2.24, 2.45) is 0 Å². The highest BCUT2D eigenvalue weighted by atomic mass is 32.2. The van der Waals surface area contributed by atoms with Crippen molar-refractivity contribution in [3.63, 3.8) is 0 Å². The summed E-state index contributed by atoms with van der Waals surface area (Å²) in [5, 5.41) is 0. The van der Waals surface area contributed by atoms with Crippen molar-refractivity contribution in [3.05, 3.63) is 12.1 Å². The second kappa shape index (κ2) is 3.69. The van der Waals surface area contributed by atoms with Crippen molar-refractivity contribution in [1.29, 1.82) is 0 Å². The van der Waals surface area contributed by atoms with Crippen molar-refractivity contribution in [3.8, 4) is 11.5 Å². The van der Waals surface area contributed by atoms with E-state index in [2.05, 4.69) is 4.13 Å². The first-order valence-corrected chi connectivity index (χ1v) is 5.20. The van der Waals surface area contributed by atoms with Crippen LogP contribution in [0.15, 0.2) is 21.9 Å². The van der Waals surface area contributed by atoms with E-state index in [9.17, 15) is 0 Å². The Labute approximate surface area is 85.4 Å². The summed E-state index contributed by atoms with van der Waals surface area (Å²) in [6.07, 6.45) is 0. The van der Waals surface area contributed by atoms with Gasteiger partial charge in [0.25, 0.3) is 0 Å². The van der Waals surface area contributed by atoms with Gasteiger partial charge in [-0.05, 0) is 23.9 Å². The molecule has 1 heterocycles. The maximum atomic E-state index is 5.17. The van der Waals surface area contributed by atoms with Crippen LogP contribution in [0.4, 0.5) is 0 Å². The summed E-state index contributed by atoms with van der Waals surface area (Å²) in [5.74, 6) is 1.51. The zero-order chi connectivity index (χ0) is 9.26. The average molecular weight is 214 g/mol. The topological polar surface area (TPSA) is 32.6 Å². The summed E-state index contributed by atoms with van der Waals surface area (Å²) in [7, 11) is 3.27. The second-order valence-electron chi connectivity index (χ2n) is 2.41. The van der Waals surface area contributed by atoms with Gasteiger partial charge in [0.05, 0.1) is 14.2 Å². The fraction of sp³-hybridized carbons (Fsp3) is 0.250. The molecule has 0 N–H and O–H groups in total. The summed E-state index contributed by atoms with van der Waals surface area (Å²) < 4.78 is 14.5. The molecule has 0 atom stereocenters. The number of benzene rings is 1. The van der Waals surface area contributed by atoms with E-state index < -0.39 is 0 Å². The normalized spacial score (nSPS) is 14.0. The fourth-order valence-corrected chi connectivity index (χ4v) is 2.72. The third-order valence-electron chi connectivity index (χ3n) is 1.72. The summed E-state index contributed by atoms with van der Waals surface area (Å²) in [5.41, 5.74) is 0. The van der Waals surface area contributed by atoms with Crippen LogP contribution in [0.2, 0.25) is 0 Å². The number of nitrogens with zero attached hydrogens (tertiary/aromatic N) is 1. The first kappa shape index (κ1) is 9.05. The monoisotopic (exact) mass is 214 g/mol. The third-order valence-corrected chi connectivity index (χ3v) is 3.52. The van der Waals surface area contributed by atoms with Crippen LogP contribution in [0.25, 0.3) is 0 Å². The minimum absolute atomic E-state index is 0.756. The van der Waals surface area contributed by atoms with Crippen LogP contribution in [0.3, 0.4) is 0 Å². The zero-order valence-electron chi connectivity index (χ0n) is 7.23. The quantitative estimate of drug-likeness (QED) is 0.707. The smallest absolute Gasteiger partial charge is 0.161 e. The Hall–Kier alpha value is -0.520. The van der Waals surface area contributed by atoms with Gasteiger partial charge in [0, 0.05) is 21.9 Å². The molecule has 2 rings (SSSR count). The lowest BCUT2D eigenvalue weighted by Crippen LogP contribution is -1.90. The molecule has 1 aliphatic rings. The summed E-state index contributed by atoms with van der Waals surface area (Å²) in [4.78, 5) is 2.25. The summed E-state index contributed by atoms with van der Waals surface area (Å²) >= 11 is 2.94. The van der Waals surface area contributed by atoms with E-state index in [1.165, 1.54) is 23.9 Å². The Bertz CT molecular complexity index is 299. The number of ether oxygens (including phenoxy) is 2. The molecule has 69 valence electrons. The Morgan fingerprint density at radius 1 is 1.00 bits per heavy atom. The molecule has 1 radical (unpaired) electrons. The molecule has 1 aliphatic heterocycles. The van der Waals surface area contributed by atoms with Gasteiger partial charge in [-0.2, -0.15) is 0 Å². The van der Waals surface area contributed by atoms with E-state index in [1.54, 1.807) is 14.2 Å². The molecule has 0 aromatic heterocycles. The third kappa shape index (κ3) is 1.59. The van der Waals surface area contributed by atoms with Gasteiger partial charge in [-0.3, -0.25) is 0 Å². The largest absolute Gasteiger partial charge is 0.493 e. The predicted octanol–water partition coefficient (Wildman–Crippen LogP) is 2.34. The molecule has 0 amide bonds. The molecular weight excluding hydrogens is 206 g/mol. The van der Waals surface area contributed by atoms with Gasteiger partial charge in [-0.25, -0.2) is 0 Å². The molecule has 0 fully saturated rings. The van der Waals surface area contributed by atoms with Crippen LogP contribution in [0, 0.1) is 0 Å². The van der Waals surface area contributed by atoms with E-state index in [-0.39, 0.29) is 0 Å². The first-order chi connectivity index (χ1) is 6.35. The van der Waals surface area contributed by atoms with E-state index in [0.717, 1.165) is 21.3 Å². The Balaban J connectivity index is 2.47. The van der Waals surface area contributed by atoms with Gasteiger partial charge in [-0.1, -0.05) is 4.13 Å². The lowest BCUT2D eigenvalue weighted by Gasteiger charge is -2.08. The molecule has 13 heavy (non-hydrogen) atoms. The lowest BCUT2D eigenvalue weighted by molar-refractivity contribution is 0.353. The van der Waals surface area contributed by atoms with Crippen LogP contribution in [0.1, 0.15) is 0 Å². The first-order valence-electron chi connectivity index (χ1n) is 3.65. The maximum Gasteiger partial charge on any atom is 0.161 e. The summed E-state index contributed by atoms with van der Waals surface area (Å²) in [6, 6.07) is 3.89. The minimum Gasteiger partial charge on any atom is -0.493 e. The molecule has 0 unspecified atom stereocenters. The van der Waals surface area contributed by atoms with E-state index in [0.29, 0.717) is 0 Å². The van der Waals surface area contributed by atoms with E-state index in [4.69, 9.17) is 9.47 Å². The van der Waals surface area contributed by atoms with Crippen molar-refractivity contribution in [2.45, 2.75) is 9.79 Å². The lowest BCUT2D eigenvalue weighted by atomic mass is 10.3. The highest BCUT2D eigenvalue weighted by Crippen LogP contribution is 2.44. The second-order valence-corrected chi connectivity index (χ2v) is 4.25. The maximum absolute atomic E-state index is 5.17. The van der Waals surface area contributed by atoms with E-state index in [1.807, 2.05) is 12.1 Å². The molecule has 0 bridgehead atoms. The highest BCUT2D eigenvalue weighted by Gasteiger charge is 2.17. The van der Waals surface area contributed by atoms with Crippen LogP contribution >= 0.6 is 23.9 Å². The molecule has 0 saturated carbocycles. The van der Waals surface area contributed by atoms with Crippen molar-refractivity contribution in [1.82, 2.24) is 4.13 Å². The molecule has 1 aromatic rings. The molecule has 0 aliphatic carbocycles. The summed E-state index contributed by atoms with van der Waals surface area (Å²) in [6.45, 7) is 0. The standard InChI is InChI=1S/C8H8NO2S2/c1-10-5-3-7-8(13-9-12-7)4-6(5)11-2/h3-4H,1-2H3. The van der Waals surface area contributed by atoms with Gasteiger partial charge in [0.15, 0.2) is 11.5 Å².